The minimum atomic E-state index is -0.0286. The highest BCUT2D eigenvalue weighted by atomic mass is 35.5. The van der Waals surface area contributed by atoms with Crippen molar-refractivity contribution in [1.82, 2.24) is 5.32 Å². The Kier molecular flexibility index (Phi) is 5.77. The van der Waals surface area contributed by atoms with E-state index < -0.39 is 0 Å². The summed E-state index contributed by atoms with van der Waals surface area (Å²) in [5.41, 5.74) is 2.64. The zero-order chi connectivity index (χ0) is 15.1. The van der Waals surface area contributed by atoms with Gasteiger partial charge in [-0.1, -0.05) is 48.0 Å². The number of nitrogens with zero attached hydrogens (tertiary/aromatic N) is 1. The zero-order valence-electron chi connectivity index (χ0n) is 11.6. The van der Waals surface area contributed by atoms with Gasteiger partial charge in [0.15, 0.2) is 0 Å². The lowest BCUT2D eigenvalue weighted by Gasteiger charge is -2.17. The van der Waals surface area contributed by atoms with Crippen LogP contribution in [0, 0.1) is 11.3 Å². The summed E-state index contributed by atoms with van der Waals surface area (Å²) in [5, 5.41) is 22.2. The lowest BCUT2D eigenvalue weighted by atomic mass is 10.1. The maximum absolute atomic E-state index is 9.48. The fourth-order valence-electron chi connectivity index (χ4n) is 2.11. The highest BCUT2D eigenvalue weighted by Gasteiger charge is 2.09. The second-order valence-corrected chi connectivity index (χ2v) is 5.28. The van der Waals surface area contributed by atoms with Crippen LogP contribution in [0.3, 0.4) is 0 Å². The lowest BCUT2D eigenvalue weighted by Crippen LogP contribution is -2.34. The number of halogens is 1. The van der Waals surface area contributed by atoms with Crippen molar-refractivity contribution >= 4 is 11.6 Å². The molecule has 0 fully saturated rings. The van der Waals surface area contributed by atoms with Gasteiger partial charge in [-0.2, -0.15) is 5.26 Å². The van der Waals surface area contributed by atoms with Crippen molar-refractivity contribution in [3.05, 3.63) is 70.2 Å². The van der Waals surface area contributed by atoms with Crippen LogP contribution in [0.1, 0.15) is 16.7 Å². The van der Waals surface area contributed by atoms with E-state index in [1.165, 1.54) is 5.56 Å². The first-order chi connectivity index (χ1) is 10.2. The Morgan fingerprint density at radius 3 is 2.57 bits per heavy atom. The molecule has 2 aromatic carbocycles. The van der Waals surface area contributed by atoms with Gasteiger partial charge in [-0.3, -0.25) is 0 Å². The Morgan fingerprint density at radius 1 is 1.19 bits per heavy atom. The lowest BCUT2D eigenvalue weighted by molar-refractivity contribution is 0.241. The van der Waals surface area contributed by atoms with Gasteiger partial charge in [-0.15, -0.1) is 0 Å². The predicted molar refractivity (Wildman–Crippen MR) is 84.0 cm³/mol. The summed E-state index contributed by atoms with van der Waals surface area (Å²) in [6, 6.07) is 17.3. The molecule has 0 radical (unpaired) electrons. The van der Waals surface area contributed by atoms with Gasteiger partial charge in [-0.05, 0) is 29.7 Å². The van der Waals surface area contributed by atoms with Gasteiger partial charge in [0.1, 0.15) is 0 Å². The molecule has 0 heterocycles. The summed E-state index contributed by atoms with van der Waals surface area (Å²) in [7, 11) is 0. The summed E-state index contributed by atoms with van der Waals surface area (Å²) in [6.07, 6.45) is 0.755. The van der Waals surface area contributed by atoms with E-state index in [0.29, 0.717) is 17.1 Å². The quantitative estimate of drug-likeness (QED) is 0.862. The third-order valence-electron chi connectivity index (χ3n) is 3.31. The van der Waals surface area contributed by atoms with E-state index in [0.717, 1.165) is 12.0 Å². The molecule has 108 valence electrons. The molecule has 3 nitrogen and oxygen atoms in total. The molecule has 21 heavy (non-hydrogen) atoms. The first-order valence-corrected chi connectivity index (χ1v) is 7.17. The molecular weight excluding hydrogens is 284 g/mol. The number of aliphatic hydroxyl groups excluding tert-OH is 1. The normalized spacial score (nSPS) is 11.9. The van der Waals surface area contributed by atoms with Crippen molar-refractivity contribution in [1.29, 1.82) is 5.26 Å². The second kappa shape index (κ2) is 7.80. The number of hydrogen-bond acceptors (Lipinski definition) is 3. The number of hydrogen-bond donors (Lipinski definition) is 2. The van der Waals surface area contributed by atoms with E-state index in [9.17, 15) is 5.11 Å². The summed E-state index contributed by atoms with van der Waals surface area (Å²) in [6.45, 7) is 0.616. The average molecular weight is 301 g/mol. The third kappa shape index (κ3) is 4.57. The number of nitriles is 1. The molecule has 1 atom stereocenters. The van der Waals surface area contributed by atoms with Crippen LogP contribution in [-0.4, -0.2) is 17.8 Å². The van der Waals surface area contributed by atoms with Crippen LogP contribution in [-0.2, 0) is 13.0 Å². The van der Waals surface area contributed by atoms with Crippen molar-refractivity contribution in [2.75, 3.05) is 6.61 Å². The maximum atomic E-state index is 9.48. The Hall–Kier alpha value is -1.86. The first kappa shape index (κ1) is 15.5. The van der Waals surface area contributed by atoms with Crippen molar-refractivity contribution in [2.45, 2.75) is 19.0 Å². The third-order valence-corrected chi connectivity index (χ3v) is 3.66. The summed E-state index contributed by atoms with van der Waals surface area (Å²) >= 11 is 6.14. The fraction of sp³-hybridized carbons (Fsp3) is 0.235. The monoisotopic (exact) mass is 300 g/mol. The van der Waals surface area contributed by atoms with E-state index in [1.54, 1.807) is 12.1 Å². The van der Waals surface area contributed by atoms with Crippen LogP contribution < -0.4 is 5.32 Å². The van der Waals surface area contributed by atoms with Crippen LogP contribution in [0.5, 0.6) is 0 Å². The van der Waals surface area contributed by atoms with Gasteiger partial charge in [0.2, 0.25) is 0 Å². The van der Waals surface area contributed by atoms with E-state index in [4.69, 9.17) is 16.9 Å². The first-order valence-electron chi connectivity index (χ1n) is 6.79. The number of rotatable bonds is 6. The van der Waals surface area contributed by atoms with Crippen LogP contribution in [0.2, 0.25) is 5.02 Å². The molecule has 0 aromatic heterocycles. The van der Waals surface area contributed by atoms with Crippen LogP contribution in [0.15, 0.2) is 48.5 Å². The van der Waals surface area contributed by atoms with Crippen molar-refractivity contribution in [3.8, 4) is 6.07 Å². The Labute approximate surface area is 129 Å². The molecule has 2 aromatic rings. The van der Waals surface area contributed by atoms with Gasteiger partial charge in [0.25, 0.3) is 0 Å². The summed E-state index contributed by atoms with van der Waals surface area (Å²) in [5.74, 6) is 0. The molecule has 0 aliphatic carbocycles. The van der Waals surface area contributed by atoms with E-state index >= 15 is 0 Å². The standard InChI is InChI=1S/C17H17ClN2O/c18-17-9-14(10-19)6-7-15(17)11-20-16(12-21)8-13-4-2-1-3-5-13/h1-7,9,16,20-21H,8,11-12H2. The van der Waals surface area contributed by atoms with Crippen molar-refractivity contribution in [3.63, 3.8) is 0 Å². The SMILES string of the molecule is N#Cc1ccc(CNC(CO)Cc2ccccc2)c(Cl)c1. The molecular formula is C17H17ClN2O. The van der Waals surface area contributed by atoms with Gasteiger partial charge >= 0.3 is 0 Å². The van der Waals surface area contributed by atoms with Crippen LogP contribution in [0.4, 0.5) is 0 Å². The Balaban J connectivity index is 1.96. The van der Waals surface area contributed by atoms with Crippen LogP contribution in [0.25, 0.3) is 0 Å². The number of aliphatic hydroxyl groups is 1. The molecule has 2 N–H and O–H groups in total. The molecule has 0 amide bonds. The molecule has 0 saturated carbocycles. The molecule has 0 aliphatic heterocycles. The Morgan fingerprint density at radius 2 is 1.95 bits per heavy atom. The highest BCUT2D eigenvalue weighted by molar-refractivity contribution is 6.31. The average Bonchev–Trinajstić information content (AvgIpc) is 2.53. The van der Waals surface area contributed by atoms with Gasteiger partial charge in [0, 0.05) is 17.6 Å². The predicted octanol–water partition coefficient (Wildman–Crippen LogP) is 2.90. The molecule has 2 rings (SSSR count). The van der Waals surface area contributed by atoms with E-state index in [2.05, 4.69) is 11.4 Å². The van der Waals surface area contributed by atoms with Gasteiger partial charge in [-0.25, -0.2) is 0 Å². The van der Waals surface area contributed by atoms with E-state index in [1.807, 2.05) is 36.4 Å². The molecule has 1 unspecified atom stereocenters. The van der Waals surface area contributed by atoms with Crippen molar-refractivity contribution in [2.24, 2.45) is 0 Å². The minimum absolute atomic E-state index is 0.0286. The van der Waals surface area contributed by atoms with Gasteiger partial charge < -0.3 is 10.4 Å². The second-order valence-electron chi connectivity index (χ2n) is 4.87. The van der Waals surface area contributed by atoms with Crippen LogP contribution >= 0.6 is 11.6 Å². The summed E-state index contributed by atoms with van der Waals surface area (Å²) < 4.78 is 0. The largest absolute Gasteiger partial charge is 0.395 e. The van der Waals surface area contributed by atoms with E-state index in [-0.39, 0.29) is 12.6 Å². The zero-order valence-corrected chi connectivity index (χ0v) is 12.3. The smallest absolute Gasteiger partial charge is 0.0992 e. The number of nitrogens with one attached hydrogen (secondary N) is 1. The topological polar surface area (TPSA) is 56.0 Å². The summed E-state index contributed by atoms with van der Waals surface area (Å²) in [4.78, 5) is 0. The van der Waals surface area contributed by atoms with Gasteiger partial charge in [0.05, 0.1) is 18.2 Å². The maximum Gasteiger partial charge on any atom is 0.0992 e. The highest BCUT2D eigenvalue weighted by Crippen LogP contribution is 2.17. The van der Waals surface area contributed by atoms with Crippen molar-refractivity contribution < 1.29 is 5.11 Å². The molecule has 4 heteroatoms. The number of benzene rings is 2. The molecule has 0 saturated heterocycles. The minimum Gasteiger partial charge on any atom is -0.395 e. The molecule has 0 bridgehead atoms. The molecule has 0 aliphatic rings. The molecule has 0 spiro atoms. The fourth-order valence-corrected chi connectivity index (χ4v) is 2.36. The Bertz CT molecular complexity index is 622.